The molecule has 0 spiro atoms. The average Bonchev–Trinajstić information content (AvgIpc) is 3.63. The van der Waals surface area contributed by atoms with Gasteiger partial charge in [0.25, 0.3) is 5.91 Å². The second-order valence-corrected chi connectivity index (χ2v) is 9.64. The third-order valence-electron chi connectivity index (χ3n) is 7.86. The Kier molecular flexibility index (Phi) is 6.68. The van der Waals surface area contributed by atoms with E-state index in [0.717, 1.165) is 25.7 Å². The number of amides is 1. The van der Waals surface area contributed by atoms with Crippen molar-refractivity contribution in [2.24, 2.45) is 0 Å². The van der Waals surface area contributed by atoms with Gasteiger partial charge in [0.2, 0.25) is 5.82 Å². The molecule has 1 fully saturated rings. The summed E-state index contributed by atoms with van der Waals surface area (Å²) < 4.78 is 7.34. The quantitative estimate of drug-likeness (QED) is 0.399. The van der Waals surface area contributed by atoms with Gasteiger partial charge in [0.05, 0.1) is 24.0 Å². The van der Waals surface area contributed by atoms with Gasteiger partial charge in [0, 0.05) is 13.1 Å². The Balaban J connectivity index is 1.86. The molecule has 0 saturated heterocycles. The van der Waals surface area contributed by atoms with Crippen LogP contribution in [0.3, 0.4) is 0 Å². The lowest BCUT2D eigenvalue weighted by molar-refractivity contribution is 0.0686. The number of imidazole rings is 1. The van der Waals surface area contributed by atoms with Crippen molar-refractivity contribution < 1.29 is 19.4 Å². The number of fused-ring (bicyclic) bond motifs is 3. The van der Waals surface area contributed by atoms with Crippen molar-refractivity contribution in [2.45, 2.75) is 64.0 Å². The SMILES string of the molecule is CCC1(CC)c2c(C(=O)O)ncn2-c2c(Nc3ccccc3OC)nc(C(=O)NC)nc2N1C1CCCC1. The number of carbonyl (C=O) groups is 2. The average molecular weight is 520 g/mol. The Bertz CT molecular complexity index is 1380. The van der Waals surface area contributed by atoms with Crippen LogP contribution in [0.2, 0.25) is 0 Å². The van der Waals surface area contributed by atoms with E-state index >= 15 is 0 Å². The van der Waals surface area contributed by atoms with Crippen LogP contribution in [-0.2, 0) is 5.54 Å². The number of anilines is 3. The maximum absolute atomic E-state index is 12.9. The summed E-state index contributed by atoms with van der Waals surface area (Å²) in [5.74, 6) is 0.0737. The molecule has 0 atom stereocenters. The van der Waals surface area contributed by atoms with Crippen LogP contribution in [0, 0.1) is 0 Å². The first-order valence-corrected chi connectivity index (χ1v) is 13.0. The molecule has 2 aliphatic rings. The normalized spacial score (nSPS) is 16.1. The molecule has 1 aliphatic carbocycles. The van der Waals surface area contributed by atoms with Gasteiger partial charge in [0.1, 0.15) is 17.8 Å². The molecule has 200 valence electrons. The summed E-state index contributed by atoms with van der Waals surface area (Å²) in [5, 5.41) is 16.2. The number of hydrogen-bond acceptors (Lipinski definition) is 8. The van der Waals surface area contributed by atoms with Crippen LogP contribution in [0.25, 0.3) is 5.69 Å². The molecule has 11 heteroatoms. The minimum atomic E-state index is -1.08. The van der Waals surface area contributed by atoms with Gasteiger partial charge in [-0.05, 0) is 37.8 Å². The van der Waals surface area contributed by atoms with Crippen molar-refractivity contribution in [3.05, 3.63) is 47.8 Å². The van der Waals surface area contributed by atoms with Crippen molar-refractivity contribution in [1.29, 1.82) is 0 Å². The van der Waals surface area contributed by atoms with Crippen LogP contribution in [0.15, 0.2) is 30.6 Å². The van der Waals surface area contributed by atoms with E-state index in [0.29, 0.717) is 47.3 Å². The third kappa shape index (κ3) is 3.84. The number of benzene rings is 1. The molecule has 1 saturated carbocycles. The number of carboxylic acids is 1. The molecule has 3 aromatic rings. The van der Waals surface area contributed by atoms with Crippen molar-refractivity contribution in [1.82, 2.24) is 24.8 Å². The lowest BCUT2D eigenvalue weighted by atomic mass is 9.82. The summed E-state index contributed by atoms with van der Waals surface area (Å²) in [7, 11) is 3.13. The van der Waals surface area contributed by atoms with Crippen LogP contribution in [0.5, 0.6) is 5.75 Å². The largest absolute Gasteiger partial charge is 0.495 e. The van der Waals surface area contributed by atoms with Gasteiger partial charge in [-0.15, -0.1) is 0 Å². The van der Waals surface area contributed by atoms with Crippen molar-refractivity contribution in [3.8, 4) is 11.4 Å². The van der Waals surface area contributed by atoms with E-state index in [1.165, 1.54) is 6.33 Å². The van der Waals surface area contributed by atoms with Gasteiger partial charge in [-0.25, -0.2) is 19.7 Å². The van der Waals surface area contributed by atoms with Gasteiger partial charge in [-0.1, -0.05) is 38.8 Å². The minimum absolute atomic E-state index is 0.0148. The topological polar surface area (TPSA) is 134 Å². The molecule has 0 unspecified atom stereocenters. The molecule has 3 N–H and O–H groups in total. The number of hydrogen-bond donors (Lipinski definition) is 3. The van der Waals surface area contributed by atoms with Crippen molar-refractivity contribution in [3.63, 3.8) is 0 Å². The Hall–Kier alpha value is -4.15. The van der Waals surface area contributed by atoms with Crippen molar-refractivity contribution in [2.75, 3.05) is 24.4 Å². The van der Waals surface area contributed by atoms with Gasteiger partial charge in [-0.2, -0.15) is 0 Å². The Labute approximate surface area is 221 Å². The fourth-order valence-corrected chi connectivity index (χ4v) is 6.06. The zero-order chi connectivity index (χ0) is 27.0. The predicted octanol–water partition coefficient (Wildman–Crippen LogP) is 4.25. The first-order chi connectivity index (χ1) is 18.4. The molecule has 1 amide bonds. The number of methoxy groups -OCH3 is 1. The molecule has 3 heterocycles. The maximum Gasteiger partial charge on any atom is 0.356 e. The summed E-state index contributed by atoms with van der Waals surface area (Å²) in [5.41, 5.74) is 1.15. The molecule has 11 nitrogen and oxygen atoms in total. The van der Waals surface area contributed by atoms with E-state index < -0.39 is 17.4 Å². The van der Waals surface area contributed by atoms with E-state index in [9.17, 15) is 14.7 Å². The molecule has 38 heavy (non-hydrogen) atoms. The number of nitrogens with zero attached hydrogens (tertiary/aromatic N) is 5. The third-order valence-corrected chi connectivity index (χ3v) is 7.86. The number of para-hydroxylation sites is 2. The molecule has 1 aromatic carbocycles. The van der Waals surface area contributed by atoms with Crippen LogP contribution >= 0.6 is 0 Å². The zero-order valence-corrected chi connectivity index (χ0v) is 22.1. The van der Waals surface area contributed by atoms with Crippen LogP contribution in [0.1, 0.15) is 79.2 Å². The molecule has 0 bridgehead atoms. The van der Waals surface area contributed by atoms with E-state index in [1.807, 2.05) is 24.3 Å². The highest BCUT2D eigenvalue weighted by molar-refractivity contribution is 5.94. The van der Waals surface area contributed by atoms with Gasteiger partial charge < -0.3 is 25.4 Å². The summed E-state index contributed by atoms with van der Waals surface area (Å²) >= 11 is 0. The first-order valence-electron chi connectivity index (χ1n) is 13.0. The number of nitrogens with one attached hydrogen (secondary N) is 2. The van der Waals surface area contributed by atoms with E-state index in [2.05, 4.69) is 39.3 Å². The molecule has 5 rings (SSSR count). The number of carbonyl (C=O) groups excluding carboxylic acids is 1. The fourth-order valence-electron chi connectivity index (χ4n) is 6.06. The summed E-state index contributed by atoms with van der Waals surface area (Å²) in [6.07, 6.45) is 6.86. The predicted molar refractivity (Wildman–Crippen MR) is 143 cm³/mol. The number of aromatic carboxylic acids is 1. The molecule has 2 aromatic heterocycles. The second kappa shape index (κ2) is 9.96. The first kappa shape index (κ1) is 25.5. The van der Waals surface area contributed by atoms with E-state index in [1.54, 1.807) is 18.7 Å². The van der Waals surface area contributed by atoms with E-state index in [-0.39, 0.29) is 17.6 Å². The van der Waals surface area contributed by atoms with Crippen LogP contribution in [0.4, 0.5) is 17.3 Å². The highest BCUT2D eigenvalue weighted by Gasteiger charge is 2.50. The van der Waals surface area contributed by atoms with Crippen LogP contribution < -0.4 is 20.3 Å². The molecule has 0 radical (unpaired) electrons. The smallest absolute Gasteiger partial charge is 0.356 e. The molecular formula is C27H33N7O4. The number of carboxylic acid groups (broad SMARTS) is 1. The maximum atomic E-state index is 12.9. The summed E-state index contributed by atoms with van der Waals surface area (Å²) in [4.78, 5) is 41.4. The fraction of sp³-hybridized carbons (Fsp3) is 0.444. The monoisotopic (exact) mass is 519 g/mol. The highest BCUT2D eigenvalue weighted by Crippen LogP contribution is 2.51. The minimum Gasteiger partial charge on any atom is -0.495 e. The van der Waals surface area contributed by atoms with Gasteiger partial charge >= 0.3 is 5.97 Å². The highest BCUT2D eigenvalue weighted by atomic mass is 16.5. The Morgan fingerprint density at radius 1 is 1.16 bits per heavy atom. The molecule has 1 aliphatic heterocycles. The van der Waals surface area contributed by atoms with Crippen LogP contribution in [-0.4, -0.2) is 56.7 Å². The number of rotatable bonds is 8. The molecular weight excluding hydrogens is 486 g/mol. The Morgan fingerprint density at radius 3 is 2.50 bits per heavy atom. The second-order valence-electron chi connectivity index (χ2n) is 9.64. The zero-order valence-electron chi connectivity index (χ0n) is 22.1. The summed E-state index contributed by atoms with van der Waals surface area (Å²) in [6.45, 7) is 4.13. The van der Waals surface area contributed by atoms with Crippen molar-refractivity contribution >= 4 is 29.2 Å². The summed E-state index contributed by atoms with van der Waals surface area (Å²) in [6, 6.07) is 7.54. The standard InChI is InChI=1S/C27H33N7O4/c1-5-27(6-2)21-19(26(36)37)29-15-33(21)20-22(30-17-13-9-10-14-18(17)38-4)31-23(25(35)28-3)32-24(20)34(27)16-11-7-8-12-16/h9-10,13-16H,5-8,11-12H2,1-4H3,(H,28,35)(H,36,37)(H,30,31,32). The van der Waals surface area contributed by atoms with Gasteiger partial charge in [0.15, 0.2) is 17.3 Å². The lowest BCUT2D eigenvalue weighted by Crippen LogP contribution is -2.55. The van der Waals surface area contributed by atoms with E-state index in [4.69, 9.17) is 9.72 Å². The Morgan fingerprint density at radius 2 is 1.87 bits per heavy atom. The number of ether oxygens (including phenoxy) is 1. The van der Waals surface area contributed by atoms with Gasteiger partial charge in [-0.3, -0.25) is 9.36 Å². The lowest BCUT2D eigenvalue weighted by Gasteiger charge is -2.51. The number of aromatic nitrogens is 4.